The van der Waals surface area contributed by atoms with E-state index in [2.05, 4.69) is 31.3 Å². The van der Waals surface area contributed by atoms with E-state index in [9.17, 15) is 4.79 Å². The number of rotatable bonds is 6. The maximum atomic E-state index is 11.8. The fourth-order valence-corrected chi connectivity index (χ4v) is 2.08. The summed E-state index contributed by atoms with van der Waals surface area (Å²) in [5.41, 5.74) is 0.781. The van der Waals surface area contributed by atoms with Crippen LogP contribution in [0.4, 0.5) is 0 Å². The summed E-state index contributed by atoms with van der Waals surface area (Å²) < 4.78 is 5.33. The van der Waals surface area contributed by atoms with E-state index in [0.29, 0.717) is 5.92 Å². The molecule has 0 saturated carbocycles. The minimum Gasteiger partial charge on any atom is -0.459 e. The first-order valence-electron chi connectivity index (χ1n) is 7.28. The van der Waals surface area contributed by atoms with E-state index in [4.69, 9.17) is 4.74 Å². The number of ether oxygens (including phenoxy) is 1. The molecule has 0 radical (unpaired) electrons. The Bertz CT molecular complexity index is 407. The van der Waals surface area contributed by atoms with Gasteiger partial charge in [0.05, 0.1) is 6.54 Å². The van der Waals surface area contributed by atoms with Gasteiger partial charge in [-0.2, -0.15) is 0 Å². The zero-order valence-electron chi connectivity index (χ0n) is 13.3. The lowest BCUT2D eigenvalue weighted by molar-refractivity contribution is -0.153. The van der Waals surface area contributed by atoms with Crippen LogP contribution in [0, 0.1) is 5.92 Å². The SMILES string of the molecule is CC(C)CC(NCC(=O)OC(C)(C)C)c1ccccc1. The number of benzene rings is 1. The number of nitrogens with one attached hydrogen (secondary N) is 1. The van der Waals surface area contributed by atoms with Gasteiger partial charge in [0.15, 0.2) is 0 Å². The average molecular weight is 277 g/mol. The van der Waals surface area contributed by atoms with Crippen molar-refractivity contribution in [3.63, 3.8) is 0 Å². The van der Waals surface area contributed by atoms with Crippen molar-refractivity contribution < 1.29 is 9.53 Å². The molecule has 1 atom stereocenters. The van der Waals surface area contributed by atoms with Crippen LogP contribution in [0.25, 0.3) is 0 Å². The number of carbonyl (C=O) groups excluding carboxylic acids is 1. The minimum absolute atomic E-state index is 0.184. The standard InChI is InChI=1S/C17H27NO2/c1-13(2)11-15(14-9-7-6-8-10-14)18-12-16(19)20-17(3,4)5/h6-10,13,15,18H,11-12H2,1-5H3. The molecule has 0 amide bonds. The zero-order valence-corrected chi connectivity index (χ0v) is 13.3. The molecular weight excluding hydrogens is 250 g/mol. The van der Waals surface area contributed by atoms with Crippen molar-refractivity contribution in [2.45, 2.75) is 52.7 Å². The zero-order chi connectivity index (χ0) is 15.2. The van der Waals surface area contributed by atoms with Crippen molar-refractivity contribution in [1.82, 2.24) is 5.32 Å². The van der Waals surface area contributed by atoms with Crippen molar-refractivity contribution in [3.8, 4) is 0 Å². The number of hydrogen-bond donors (Lipinski definition) is 1. The molecule has 1 rings (SSSR count). The lowest BCUT2D eigenvalue weighted by atomic mass is 9.97. The third-order valence-electron chi connectivity index (χ3n) is 2.82. The summed E-state index contributed by atoms with van der Waals surface area (Å²) in [5.74, 6) is 0.355. The molecule has 1 N–H and O–H groups in total. The average Bonchev–Trinajstić information content (AvgIpc) is 2.33. The Morgan fingerprint density at radius 2 is 1.80 bits per heavy atom. The highest BCUT2D eigenvalue weighted by atomic mass is 16.6. The van der Waals surface area contributed by atoms with Gasteiger partial charge in [-0.3, -0.25) is 4.79 Å². The Hall–Kier alpha value is -1.35. The van der Waals surface area contributed by atoms with E-state index in [0.717, 1.165) is 6.42 Å². The second kappa shape index (κ2) is 7.44. The molecule has 0 spiro atoms. The monoisotopic (exact) mass is 277 g/mol. The number of esters is 1. The van der Waals surface area contributed by atoms with Gasteiger partial charge in [0, 0.05) is 6.04 Å². The van der Waals surface area contributed by atoms with Gasteiger partial charge in [0.2, 0.25) is 0 Å². The molecule has 3 nitrogen and oxygen atoms in total. The van der Waals surface area contributed by atoms with E-state index in [1.807, 2.05) is 39.0 Å². The molecule has 3 heteroatoms. The number of carbonyl (C=O) groups is 1. The van der Waals surface area contributed by atoms with Gasteiger partial charge in [0.1, 0.15) is 5.60 Å². The Morgan fingerprint density at radius 1 is 1.20 bits per heavy atom. The summed E-state index contributed by atoms with van der Waals surface area (Å²) in [5, 5.41) is 3.32. The highest BCUT2D eigenvalue weighted by Gasteiger charge is 2.18. The van der Waals surface area contributed by atoms with Gasteiger partial charge in [-0.15, -0.1) is 0 Å². The van der Waals surface area contributed by atoms with E-state index >= 15 is 0 Å². The summed E-state index contributed by atoms with van der Waals surface area (Å²) in [6.45, 7) is 10.3. The first-order valence-corrected chi connectivity index (χ1v) is 7.28. The topological polar surface area (TPSA) is 38.3 Å². The summed E-state index contributed by atoms with van der Waals surface area (Å²) in [6, 6.07) is 10.4. The molecule has 0 heterocycles. The van der Waals surface area contributed by atoms with Crippen LogP contribution in [0.5, 0.6) is 0 Å². The third-order valence-corrected chi connectivity index (χ3v) is 2.82. The van der Waals surface area contributed by atoms with Gasteiger partial charge < -0.3 is 10.1 Å². The van der Waals surface area contributed by atoms with Gasteiger partial charge in [-0.05, 0) is 38.7 Å². The molecule has 20 heavy (non-hydrogen) atoms. The van der Waals surface area contributed by atoms with Crippen LogP contribution in [0.3, 0.4) is 0 Å². The van der Waals surface area contributed by atoms with Crippen LogP contribution in [-0.4, -0.2) is 18.1 Å². The Morgan fingerprint density at radius 3 is 2.30 bits per heavy atom. The van der Waals surface area contributed by atoms with Crippen molar-refractivity contribution in [2.75, 3.05) is 6.54 Å². The normalized spacial score (nSPS) is 13.3. The van der Waals surface area contributed by atoms with Gasteiger partial charge in [0.25, 0.3) is 0 Å². The van der Waals surface area contributed by atoms with Crippen molar-refractivity contribution in [3.05, 3.63) is 35.9 Å². The van der Waals surface area contributed by atoms with Crippen molar-refractivity contribution in [1.29, 1.82) is 0 Å². The first kappa shape index (κ1) is 16.7. The van der Waals surface area contributed by atoms with Gasteiger partial charge in [-0.1, -0.05) is 44.2 Å². The maximum Gasteiger partial charge on any atom is 0.320 e. The van der Waals surface area contributed by atoms with Crippen LogP contribution in [0.2, 0.25) is 0 Å². The minimum atomic E-state index is -0.431. The van der Waals surface area contributed by atoms with Crippen LogP contribution in [-0.2, 0) is 9.53 Å². The van der Waals surface area contributed by atoms with E-state index < -0.39 is 5.60 Å². The Labute approximate surface area is 122 Å². The molecule has 0 aliphatic rings. The quantitative estimate of drug-likeness (QED) is 0.806. The first-order chi connectivity index (χ1) is 9.28. The molecule has 0 fully saturated rings. The molecule has 0 bridgehead atoms. The van der Waals surface area contributed by atoms with Crippen LogP contribution < -0.4 is 5.32 Å². The number of hydrogen-bond acceptors (Lipinski definition) is 3. The summed E-state index contributed by atoms with van der Waals surface area (Å²) >= 11 is 0. The second-order valence-electron chi connectivity index (χ2n) is 6.56. The van der Waals surface area contributed by atoms with Crippen LogP contribution >= 0.6 is 0 Å². The Balaban J connectivity index is 2.60. The molecule has 0 aliphatic carbocycles. The van der Waals surface area contributed by atoms with Gasteiger partial charge >= 0.3 is 5.97 Å². The molecule has 1 unspecified atom stereocenters. The van der Waals surface area contributed by atoms with Crippen LogP contribution in [0.15, 0.2) is 30.3 Å². The summed E-state index contributed by atoms with van der Waals surface area (Å²) in [6.07, 6.45) is 0.993. The molecule has 0 aliphatic heterocycles. The smallest absolute Gasteiger partial charge is 0.320 e. The van der Waals surface area contributed by atoms with E-state index in [1.165, 1.54) is 5.56 Å². The lowest BCUT2D eigenvalue weighted by Crippen LogP contribution is -2.34. The molecule has 0 aromatic heterocycles. The molecule has 1 aromatic rings. The van der Waals surface area contributed by atoms with Crippen LogP contribution in [0.1, 0.15) is 52.6 Å². The second-order valence-corrected chi connectivity index (χ2v) is 6.56. The predicted octanol–water partition coefficient (Wildman–Crippen LogP) is 3.71. The van der Waals surface area contributed by atoms with Gasteiger partial charge in [-0.25, -0.2) is 0 Å². The van der Waals surface area contributed by atoms with E-state index in [1.54, 1.807) is 0 Å². The Kier molecular flexibility index (Phi) is 6.21. The maximum absolute atomic E-state index is 11.8. The summed E-state index contributed by atoms with van der Waals surface area (Å²) in [7, 11) is 0. The fraction of sp³-hybridized carbons (Fsp3) is 0.588. The molecule has 112 valence electrons. The van der Waals surface area contributed by atoms with E-state index in [-0.39, 0.29) is 18.6 Å². The molecule has 0 saturated heterocycles. The largest absolute Gasteiger partial charge is 0.459 e. The van der Waals surface area contributed by atoms with Crippen molar-refractivity contribution >= 4 is 5.97 Å². The third kappa shape index (κ3) is 6.71. The molecule has 1 aromatic carbocycles. The van der Waals surface area contributed by atoms with Crippen molar-refractivity contribution in [2.24, 2.45) is 5.92 Å². The highest BCUT2D eigenvalue weighted by Crippen LogP contribution is 2.20. The molecular formula is C17H27NO2. The highest BCUT2D eigenvalue weighted by molar-refractivity contribution is 5.72. The predicted molar refractivity (Wildman–Crippen MR) is 82.5 cm³/mol. The summed E-state index contributed by atoms with van der Waals surface area (Å²) in [4.78, 5) is 11.8. The fourth-order valence-electron chi connectivity index (χ4n) is 2.08. The lowest BCUT2D eigenvalue weighted by Gasteiger charge is -2.23.